The Morgan fingerprint density at radius 2 is 0.957 bits per heavy atom. The van der Waals surface area contributed by atoms with E-state index < -0.39 is 0 Å². The van der Waals surface area contributed by atoms with Gasteiger partial charge in [-0.05, 0) is 74.2 Å². The van der Waals surface area contributed by atoms with Crippen molar-refractivity contribution in [1.29, 1.82) is 10.5 Å². The Morgan fingerprint density at radius 3 is 1.22 bits per heavy atom. The normalized spacial score (nSPS) is 9.65. The van der Waals surface area contributed by atoms with E-state index in [0.29, 0.717) is 23.0 Å². The Kier molecular flexibility index (Phi) is 4.73. The molecule has 0 unspecified atom stereocenters. The molecule has 2 aromatic carbocycles. The van der Waals surface area contributed by atoms with Crippen LogP contribution < -0.4 is 14.2 Å². The van der Waals surface area contributed by atoms with Crippen molar-refractivity contribution in [2.24, 2.45) is 0 Å². The molecule has 0 spiro atoms. The van der Waals surface area contributed by atoms with Crippen LogP contribution in [0.3, 0.4) is 0 Å². The second-order valence-corrected chi connectivity index (χ2v) is 5.26. The molecule has 0 heterocycles. The Bertz CT molecular complexity index is 714. The van der Waals surface area contributed by atoms with Crippen molar-refractivity contribution in [2.75, 3.05) is 0 Å². The molecule has 0 saturated carbocycles. The van der Waals surface area contributed by atoms with Crippen LogP contribution in [0.5, 0.6) is 23.0 Å². The highest BCUT2D eigenvalue weighted by Crippen LogP contribution is 2.34. The van der Waals surface area contributed by atoms with Gasteiger partial charge in [0.25, 0.3) is 12.5 Å². The second kappa shape index (κ2) is 6.72. The van der Waals surface area contributed by atoms with Crippen molar-refractivity contribution in [3.05, 3.63) is 46.5 Å². The monoisotopic (exact) mass is 308 g/mol. The standard InChI is InChI=1S/C18H16N2O3/c1-11-5-15(6-12(2)17(11)21-9-19)23-16-7-13(3)18(22-10-20)14(4)8-16/h5-8H,1-4H3. The quantitative estimate of drug-likeness (QED) is 0.781. The van der Waals surface area contributed by atoms with E-state index in [1.54, 1.807) is 12.5 Å². The summed E-state index contributed by atoms with van der Waals surface area (Å²) < 4.78 is 15.8. The highest BCUT2D eigenvalue weighted by Gasteiger charge is 2.11. The average molecular weight is 308 g/mol. The molecule has 0 atom stereocenters. The molecule has 0 N–H and O–H groups in total. The molecule has 0 fully saturated rings. The fourth-order valence-electron chi connectivity index (χ4n) is 2.49. The maximum absolute atomic E-state index is 8.67. The minimum Gasteiger partial charge on any atom is -0.457 e. The van der Waals surface area contributed by atoms with E-state index in [0.717, 1.165) is 22.3 Å². The third-order valence-corrected chi connectivity index (χ3v) is 3.40. The molecule has 5 heteroatoms. The van der Waals surface area contributed by atoms with Gasteiger partial charge in [0.1, 0.15) is 23.0 Å². The summed E-state index contributed by atoms with van der Waals surface area (Å²) in [4.78, 5) is 0. The third-order valence-electron chi connectivity index (χ3n) is 3.40. The summed E-state index contributed by atoms with van der Waals surface area (Å²) in [6.07, 6.45) is 3.37. The van der Waals surface area contributed by atoms with E-state index in [9.17, 15) is 0 Å². The molecule has 0 aromatic heterocycles. The molecule has 0 aliphatic carbocycles. The van der Waals surface area contributed by atoms with Crippen molar-refractivity contribution in [3.63, 3.8) is 0 Å². The van der Waals surface area contributed by atoms with Gasteiger partial charge in [-0.1, -0.05) is 0 Å². The molecule has 116 valence electrons. The molecule has 0 saturated heterocycles. The van der Waals surface area contributed by atoms with E-state index in [2.05, 4.69) is 0 Å². The summed E-state index contributed by atoms with van der Waals surface area (Å²) in [5, 5.41) is 17.3. The molecule has 0 radical (unpaired) electrons. The van der Waals surface area contributed by atoms with Crippen LogP contribution in [0, 0.1) is 50.7 Å². The number of hydrogen-bond donors (Lipinski definition) is 0. The minimum absolute atomic E-state index is 0.546. The summed E-state index contributed by atoms with van der Waals surface area (Å²) in [7, 11) is 0. The Morgan fingerprint density at radius 1 is 0.652 bits per heavy atom. The SMILES string of the molecule is Cc1cc(Oc2cc(C)c(OC#N)c(C)c2)cc(C)c1OC#N. The van der Waals surface area contributed by atoms with Crippen LogP contribution in [0.25, 0.3) is 0 Å². The lowest BCUT2D eigenvalue weighted by Crippen LogP contribution is -1.95. The summed E-state index contributed by atoms with van der Waals surface area (Å²) in [6.45, 7) is 7.42. The van der Waals surface area contributed by atoms with Crippen LogP contribution in [0.2, 0.25) is 0 Å². The van der Waals surface area contributed by atoms with Gasteiger partial charge in [-0.3, -0.25) is 0 Å². The van der Waals surface area contributed by atoms with Gasteiger partial charge in [-0.15, -0.1) is 10.5 Å². The smallest absolute Gasteiger partial charge is 0.292 e. The van der Waals surface area contributed by atoms with E-state index in [-0.39, 0.29) is 0 Å². The predicted octanol–water partition coefficient (Wildman–Crippen LogP) is 4.43. The van der Waals surface area contributed by atoms with Gasteiger partial charge < -0.3 is 14.2 Å². The Hall–Kier alpha value is -3.18. The molecular formula is C18H16N2O3. The number of nitriles is 2. The molecule has 0 bridgehead atoms. The highest BCUT2D eigenvalue weighted by atomic mass is 16.5. The maximum Gasteiger partial charge on any atom is 0.292 e. The molecule has 23 heavy (non-hydrogen) atoms. The van der Waals surface area contributed by atoms with Gasteiger partial charge in [0, 0.05) is 0 Å². The zero-order valence-corrected chi connectivity index (χ0v) is 13.4. The molecular weight excluding hydrogens is 292 g/mol. The number of aryl methyl sites for hydroxylation is 4. The van der Waals surface area contributed by atoms with Crippen molar-refractivity contribution in [3.8, 4) is 35.5 Å². The lowest BCUT2D eigenvalue weighted by molar-refractivity contribution is 0.466. The fourth-order valence-corrected chi connectivity index (χ4v) is 2.49. The van der Waals surface area contributed by atoms with Crippen LogP contribution in [0.4, 0.5) is 0 Å². The van der Waals surface area contributed by atoms with Gasteiger partial charge in [0.15, 0.2) is 0 Å². The van der Waals surface area contributed by atoms with Gasteiger partial charge in [-0.25, -0.2) is 0 Å². The number of nitrogens with zero attached hydrogens (tertiary/aromatic N) is 2. The van der Waals surface area contributed by atoms with Crippen molar-refractivity contribution in [1.82, 2.24) is 0 Å². The van der Waals surface area contributed by atoms with E-state index in [1.807, 2.05) is 52.0 Å². The predicted molar refractivity (Wildman–Crippen MR) is 84.4 cm³/mol. The average Bonchev–Trinajstić information content (AvgIpc) is 2.47. The van der Waals surface area contributed by atoms with Crippen LogP contribution in [0.15, 0.2) is 24.3 Å². The van der Waals surface area contributed by atoms with Gasteiger partial charge >= 0.3 is 0 Å². The van der Waals surface area contributed by atoms with E-state index in [1.165, 1.54) is 0 Å². The Balaban J connectivity index is 2.34. The molecule has 5 nitrogen and oxygen atoms in total. The van der Waals surface area contributed by atoms with Crippen LogP contribution >= 0.6 is 0 Å². The van der Waals surface area contributed by atoms with Crippen LogP contribution in [-0.4, -0.2) is 0 Å². The van der Waals surface area contributed by atoms with Crippen molar-refractivity contribution < 1.29 is 14.2 Å². The lowest BCUT2D eigenvalue weighted by Gasteiger charge is -2.13. The number of rotatable bonds is 4. The maximum atomic E-state index is 8.67. The highest BCUT2D eigenvalue weighted by molar-refractivity contribution is 5.50. The summed E-state index contributed by atoms with van der Waals surface area (Å²) in [5.41, 5.74) is 3.28. The number of ether oxygens (including phenoxy) is 3. The molecule has 0 aliphatic heterocycles. The van der Waals surface area contributed by atoms with Gasteiger partial charge in [0.2, 0.25) is 0 Å². The molecule has 0 aliphatic rings. The number of benzene rings is 2. The zero-order chi connectivity index (χ0) is 17.0. The second-order valence-electron chi connectivity index (χ2n) is 5.26. The molecule has 2 aromatic rings. The first-order chi connectivity index (χ1) is 11.0. The lowest BCUT2D eigenvalue weighted by atomic mass is 10.1. The zero-order valence-electron chi connectivity index (χ0n) is 13.4. The summed E-state index contributed by atoms with van der Waals surface area (Å²) in [5.74, 6) is 2.39. The van der Waals surface area contributed by atoms with Crippen molar-refractivity contribution in [2.45, 2.75) is 27.7 Å². The first kappa shape index (κ1) is 16.2. The Labute approximate surface area is 135 Å². The number of hydrogen-bond acceptors (Lipinski definition) is 5. The summed E-state index contributed by atoms with van der Waals surface area (Å²) >= 11 is 0. The summed E-state index contributed by atoms with van der Waals surface area (Å²) in [6, 6.07) is 7.24. The first-order valence-corrected chi connectivity index (χ1v) is 6.98. The first-order valence-electron chi connectivity index (χ1n) is 6.98. The minimum atomic E-state index is 0.546. The van der Waals surface area contributed by atoms with Gasteiger partial charge in [-0.2, -0.15) is 0 Å². The largest absolute Gasteiger partial charge is 0.457 e. The molecule has 0 amide bonds. The van der Waals surface area contributed by atoms with Crippen LogP contribution in [0.1, 0.15) is 22.3 Å². The molecule has 2 rings (SSSR count). The third kappa shape index (κ3) is 3.53. The van der Waals surface area contributed by atoms with Crippen LogP contribution in [-0.2, 0) is 0 Å². The van der Waals surface area contributed by atoms with E-state index in [4.69, 9.17) is 24.7 Å². The fraction of sp³-hybridized carbons (Fsp3) is 0.222. The van der Waals surface area contributed by atoms with E-state index >= 15 is 0 Å². The van der Waals surface area contributed by atoms with Gasteiger partial charge in [0.05, 0.1) is 0 Å². The van der Waals surface area contributed by atoms with Crippen molar-refractivity contribution >= 4 is 0 Å². The topological polar surface area (TPSA) is 75.3 Å².